The van der Waals surface area contributed by atoms with Crippen molar-refractivity contribution in [2.24, 2.45) is 0 Å². The molecule has 0 aliphatic carbocycles. The normalized spacial score (nSPS) is 9.24. The second-order valence-corrected chi connectivity index (χ2v) is 3.30. The van der Waals surface area contributed by atoms with Crippen LogP contribution in [0.3, 0.4) is 0 Å². The molecule has 0 saturated heterocycles. The van der Waals surface area contributed by atoms with E-state index in [-0.39, 0.29) is 0 Å². The zero-order valence-corrected chi connectivity index (χ0v) is 9.82. The summed E-state index contributed by atoms with van der Waals surface area (Å²) in [6.45, 7) is 0.385. The third-order valence-electron chi connectivity index (χ3n) is 2.27. The highest BCUT2D eigenvalue weighted by atomic mass is 16.5. The van der Waals surface area contributed by atoms with Gasteiger partial charge in [-0.05, 0) is 30.2 Å². The summed E-state index contributed by atoms with van der Waals surface area (Å²) in [5, 5.41) is 10.8. The number of rotatable bonds is 5. The van der Waals surface area contributed by atoms with Crippen molar-refractivity contribution in [3.63, 3.8) is 0 Å². The van der Waals surface area contributed by atoms with E-state index in [4.69, 9.17) is 14.7 Å². The van der Waals surface area contributed by atoms with E-state index in [2.05, 4.69) is 5.32 Å². The lowest BCUT2D eigenvalue weighted by Crippen LogP contribution is -2.23. The van der Waals surface area contributed by atoms with Crippen LogP contribution in [0.1, 0.15) is 5.56 Å². The summed E-state index contributed by atoms with van der Waals surface area (Å²) in [6, 6.07) is 6.95. The standard InChI is InChI=1S/C12H14N2O3/c1-16-10-3-4-11(17-2)9(7-10)5-6-14-12(15)8-13/h3-4,7H,5-6H2,1-2H3,(H,14,15). The summed E-state index contributed by atoms with van der Waals surface area (Å²) in [5.74, 6) is 0.830. The molecule has 0 heterocycles. The van der Waals surface area contributed by atoms with Gasteiger partial charge in [0.2, 0.25) is 0 Å². The summed E-state index contributed by atoms with van der Waals surface area (Å²) in [6.07, 6.45) is 0.577. The molecule has 90 valence electrons. The highest BCUT2D eigenvalue weighted by Gasteiger charge is 2.05. The van der Waals surface area contributed by atoms with E-state index in [1.54, 1.807) is 26.4 Å². The van der Waals surface area contributed by atoms with E-state index in [0.717, 1.165) is 17.1 Å². The zero-order chi connectivity index (χ0) is 12.7. The first-order valence-corrected chi connectivity index (χ1v) is 5.10. The van der Waals surface area contributed by atoms with Gasteiger partial charge in [-0.2, -0.15) is 5.26 Å². The lowest BCUT2D eigenvalue weighted by molar-refractivity contribution is -0.115. The smallest absolute Gasteiger partial charge is 0.322 e. The molecule has 17 heavy (non-hydrogen) atoms. The summed E-state index contributed by atoms with van der Waals surface area (Å²) in [5.41, 5.74) is 0.921. The second kappa shape index (κ2) is 6.38. The molecule has 0 aliphatic heterocycles. The fourth-order valence-electron chi connectivity index (χ4n) is 1.43. The maximum absolute atomic E-state index is 10.8. The maximum Gasteiger partial charge on any atom is 0.322 e. The third kappa shape index (κ3) is 3.68. The molecule has 0 bridgehead atoms. The molecule has 1 aromatic carbocycles. The summed E-state index contributed by atoms with van der Waals surface area (Å²) in [7, 11) is 3.17. The Morgan fingerprint density at radius 3 is 2.76 bits per heavy atom. The molecule has 0 spiro atoms. The minimum absolute atomic E-state index is 0.385. The van der Waals surface area contributed by atoms with Crippen LogP contribution in [0.4, 0.5) is 0 Å². The Labute approximate surface area is 100.0 Å². The van der Waals surface area contributed by atoms with Gasteiger partial charge in [-0.3, -0.25) is 4.79 Å². The van der Waals surface area contributed by atoms with Crippen molar-refractivity contribution in [3.8, 4) is 17.6 Å². The number of ether oxygens (including phenoxy) is 2. The van der Waals surface area contributed by atoms with Gasteiger partial charge in [0.15, 0.2) is 6.07 Å². The fourth-order valence-corrected chi connectivity index (χ4v) is 1.43. The third-order valence-corrected chi connectivity index (χ3v) is 2.27. The van der Waals surface area contributed by atoms with Gasteiger partial charge in [-0.15, -0.1) is 0 Å². The van der Waals surface area contributed by atoms with Crippen LogP contribution in [-0.4, -0.2) is 26.7 Å². The minimum atomic E-state index is -0.633. The van der Waals surface area contributed by atoms with E-state index in [9.17, 15) is 4.79 Å². The number of nitriles is 1. The largest absolute Gasteiger partial charge is 0.497 e. The van der Waals surface area contributed by atoms with Crippen molar-refractivity contribution in [2.75, 3.05) is 20.8 Å². The summed E-state index contributed by atoms with van der Waals surface area (Å²) in [4.78, 5) is 10.8. The number of hydrogen-bond donors (Lipinski definition) is 1. The topological polar surface area (TPSA) is 71.3 Å². The quantitative estimate of drug-likeness (QED) is 0.768. The van der Waals surface area contributed by atoms with E-state index >= 15 is 0 Å². The van der Waals surface area contributed by atoms with E-state index in [0.29, 0.717) is 13.0 Å². The average molecular weight is 234 g/mol. The summed E-state index contributed by atoms with van der Waals surface area (Å²) >= 11 is 0. The number of hydrogen-bond acceptors (Lipinski definition) is 4. The van der Waals surface area contributed by atoms with Crippen LogP contribution in [-0.2, 0) is 11.2 Å². The lowest BCUT2D eigenvalue weighted by atomic mass is 10.1. The van der Waals surface area contributed by atoms with Crippen molar-refractivity contribution in [3.05, 3.63) is 23.8 Å². The molecule has 0 fully saturated rings. The first-order chi connectivity index (χ1) is 8.21. The molecule has 0 aromatic heterocycles. The Bertz CT molecular complexity index is 438. The Morgan fingerprint density at radius 1 is 1.41 bits per heavy atom. The van der Waals surface area contributed by atoms with Gasteiger partial charge in [0.1, 0.15) is 11.5 Å². The number of carbonyl (C=O) groups excluding carboxylic acids is 1. The number of amides is 1. The maximum atomic E-state index is 10.8. The SMILES string of the molecule is COc1ccc(OC)c(CCNC(=O)C#N)c1. The monoisotopic (exact) mass is 234 g/mol. The molecular formula is C12H14N2O3. The number of benzene rings is 1. The molecule has 5 nitrogen and oxygen atoms in total. The zero-order valence-electron chi connectivity index (χ0n) is 9.82. The van der Waals surface area contributed by atoms with Crippen LogP contribution in [0.2, 0.25) is 0 Å². The fraction of sp³-hybridized carbons (Fsp3) is 0.333. The molecule has 0 radical (unpaired) electrons. The van der Waals surface area contributed by atoms with E-state index in [1.165, 1.54) is 6.07 Å². The van der Waals surface area contributed by atoms with Crippen molar-refractivity contribution < 1.29 is 14.3 Å². The van der Waals surface area contributed by atoms with Crippen LogP contribution in [0, 0.1) is 11.3 Å². The van der Waals surface area contributed by atoms with Gasteiger partial charge < -0.3 is 14.8 Å². The Hall–Kier alpha value is -2.22. The molecule has 1 N–H and O–H groups in total. The van der Waals surface area contributed by atoms with Gasteiger partial charge in [0.25, 0.3) is 0 Å². The second-order valence-electron chi connectivity index (χ2n) is 3.30. The van der Waals surface area contributed by atoms with Crippen LogP contribution < -0.4 is 14.8 Å². The summed E-state index contributed by atoms with van der Waals surface area (Å²) < 4.78 is 10.3. The van der Waals surface area contributed by atoms with E-state index in [1.807, 2.05) is 6.07 Å². The Kier molecular flexibility index (Phi) is 4.82. The average Bonchev–Trinajstić information content (AvgIpc) is 2.38. The van der Waals surface area contributed by atoms with Crippen molar-refractivity contribution in [2.45, 2.75) is 6.42 Å². The minimum Gasteiger partial charge on any atom is -0.497 e. The highest BCUT2D eigenvalue weighted by Crippen LogP contribution is 2.23. The molecule has 1 rings (SSSR count). The predicted molar refractivity (Wildman–Crippen MR) is 61.9 cm³/mol. The van der Waals surface area contributed by atoms with Gasteiger partial charge >= 0.3 is 5.91 Å². The van der Waals surface area contributed by atoms with Crippen LogP contribution in [0.5, 0.6) is 11.5 Å². The number of nitrogens with one attached hydrogen (secondary N) is 1. The van der Waals surface area contributed by atoms with Gasteiger partial charge in [-0.1, -0.05) is 0 Å². The predicted octanol–water partition coefficient (Wildman–Crippen LogP) is 0.886. The molecule has 0 atom stereocenters. The van der Waals surface area contributed by atoms with Crippen LogP contribution in [0.15, 0.2) is 18.2 Å². The van der Waals surface area contributed by atoms with Crippen molar-refractivity contribution >= 4 is 5.91 Å². The molecule has 1 aromatic rings. The molecule has 1 amide bonds. The lowest BCUT2D eigenvalue weighted by Gasteiger charge is -2.10. The van der Waals surface area contributed by atoms with Gasteiger partial charge in [-0.25, -0.2) is 0 Å². The Morgan fingerprint density at radius 2 is 2.18 bits per heavy atom. The van der Waals surface area contributed by atoms with Crippen LogP contribution in [0.25, 0.3) is 0 Å². The molecule has 5 heteroatoms. The number of methoxy groups -OCH3 is 2. The first kappa shape index (κ1) is 12.8. The number of carbonyl (C=O) groups is 1. The molecule has 0 aliphatic rings. The van der Waals surface area contributed by atoms with Gasteiger partial charge in [0, 0.05) is 6.54 Å². The van der Waals surface area contributed by atoms with Gasteiger partial charge in [0.05, 0.1) is 14.2 Å². The highest BCUT2D eigenvalue weighted by molar-refractivity contribution is 5.91. The van der Waals surface area contributed by atoms with E-state index < -0.39 is 5.91 Å². The first-order valence-electron chi connectivity index (χ1n) is 5.10. The number of nitrogens with zero attached hydrogens (tertiary/aromatic N) is 1. The molecule has 0 saturated carbocycles. The Balaban J connectivity index is 2.68. The van der Waals surface area contributed by atoms with Crippen molar-refractivity contribution in [1.29, 1.82) is 5.26 Å². The molecule has 0 unspecified atom stereocenters. The van der Waals surface area contributed by atoms with Crippen molar-refractivity contribution in [1.82, 2.24) is 5.32 Å². The van der Waals surface area contributed by atoms with Crippen LogP contribution >= 0.6 is 0 Å². The molecular weight excluding hydrogens is 220 g/mol.